The summed E-state index contributed by atoms with van der Waals surface area (Å²) in [6, 6.07) is 11.3. The molecular formula is C17H9Cl2F3O2. The van der Waals surface area contributed by atoms with Crippen molar-refractivity contribution in [2.24, 2.45) is 0 Å². The molecule has 0 bridgehead atoms. The first kappa shape index (κ1) is 16.7. The summed E-state index contributed by atoms with van der Waals surface area (Å²) in [5.41, 5.74) is -0.958. The van der Waals surface area contributed by atoms with E-state index in [1.165, 1.54) is 6.07 Å². The molecule has 3 aromatic carbocycles. The van der Waals surface area contributed by atoms with Gasteiger partial charge in [0.05, 0.1) is 15.6 Å². The van der Waals surface area contributed by atoms with Gasteiger partial charge in [-0.2, -0.15) is 13.2 Å². The third-order valence-corrected chi connectivity index (χ3v) is 3.96. The van der Waals surface area contributed by atoms with E-state index in [-0.39, 0.29) is 21.5 Å². The molecule has 3 aromatic rings. The summed E-state index contributed by atoms with van der Waals surface area (Å²) in [7, 11) is 0. The predicted molar refractivity (Wildman–Crippen MR) is 87.2 cm³/mol. The fourth-order valence-electron chi connectivity index (χ4n) is 2.28. The average Bonchev–Trinajstić information content (AvgIpc) is 2.50. The zero-order valence-corrected chi connectivity index (χ0v) is 13.4. The number of ether oxygens (including phenoxy) is 1. The standard InChI is InChI=1S/C17H9Cl2F3O2/c18-12-7-9(17(20,21)22)8-13(19)16(12)24-15-6-2-3-10-11(15)4-1-5-14(10)23/h1-8,23H. The Kier molecular flexibility index (Phi) is 4.24. The van der Waals surface area contributed by atoms with Gasteiger partial charge in [-0.15, -0.1) is 0 Å². The summed E-state index contributed by atoms with van der Waals surface area (Å²) in [4.78, 5) is 0. The molecule has 0 spiro atoms. The van der Waals surface area contributed by atoms with E-state index in [4.69, 9.17) is 27.9 Å². The number of phenols is 1. The zero-order valence-electron chi connectivity index (χ0n) is 11.9. The van der Waals surface area contributed by atoms with Crippen molar-refractivity contribution in [3.63, 3.8) is 0 Å². The Balaban J connectivity index is 2.08. The molecule has 0 saturated carbocycles. The van der Waals surface area contributed by atoms with E-state index >= 15 is 0 Å². The Morgan fingerprint density at radius 2 is 1.46 bits per heavy atom. The van der Waals surface area contributed by atoms with Gasteiger partial charge in [0, 0.05) is 10.8 Å². The number of alkyl halides is 3. The van der Waals surface area contributed by atoms with Crippen LogP contribution in [0.3, 0.4) is 0 Å². The van der Waals surface area contributed by atoms with Crippen LogP contribution in [0.25, 0.3) is 10.8 Å². The highest BCUT2D eigenvalue weighted by atomic mass is 35.5. The van der Waals surface area contributed by atoms with Crippen LogP contribution in [-0.4, -0.2) is 5.11 Å². The molecule has 7 heteroatoms. The fourth-order valence-corrected chi connectivity index (χ4v) is 2.85. The zero-order chi connectivity index (χ0) is 17.5. The highest BCUT2D eigenvalue weighted by Gasteiger charge is 2.32. The third kappa shape index (κ3) is 3.09. The number of hydrogen-bond acceptors (Lipinski definition) is 2. The first-order valence-electron chi connectivity index (χ1n) is 6.72. The molecule has 124 valence electrons. The second-order valence-electron chi connectivity index (χ2n) is 5.00. The second kappa shape index (κ2) is 6.07. The van der Waals surface area contributed by atoms with Crippen LogP contribution in [-0.2, 0) is 6.18 Å². The Bertz CT molecular complexity index is 900. The maximum Gasteiger partial charge on any atom is 0.416 e. The number of benzene rings is 3. The van der Waals surface area contributed by atoms with Crippen LogP contribution in [0.15, 0.2) is 48.5 Å². The van der Waals surface area contributed by atoms with Crippen LogP contribution >= 0.6 is 23.2 Å². The lowest BCUT2D eigenvalue weighted by molar-refractivity contribution is -0.137. The van der Waals surface area contributed by atoms with Crippen LogP contribution in [0.4, 0.5) is 13.2 Å². The quantitative estimate of drug-likeness (QED) is 0.544. The number of halogens is 5. The number of fused-ring (bicyclic) bond motifs is 1. The molecule has 0 radical (unpaired) electrons. The van der Waals surface area contributed by atoms with E-state index in [9.17, 15) is 18.3 Å². The van der Waals surface area contributed by atoms with E-state index in [0.717, 1.165) is 12.1 Å². The number of aromatic hydroxyl groups is 1. The van der Waals surface area contributed by atoms with Gasteiger partial charge in [0.25, 0.3) is 0 Å². The van der Waals surface area contributed by atoms with Crippen molar-refractivity contribution in [3.05, 3.63) is 64.1 Å². The van der Waals surface area contributed by atoms with Crippen molar-refractivity contribution in [1.29, 1.82) is 0 Å². The summed E-state index contributed by atoms with van der Waals surface area (Å²) < 4.78 is 44.0. The lowest BCUT2D eigenvalue weighted by Crippen LogP contribution is -2.05. The first-order chi connectivity index (χ1) is 11.3. The van der Waals surface area contributed by atoms with Gasteiger partial charge in [0.15, 0.2) is 5.75 Å². The van der Waals surface area contributed by atoms with Gasteiger partial charge in [-0.25, -0.2) is 0 Å². The van der Waals surface area contributed by atoms with Crippen LogP contribution in [0, 0.1) is 0 Å². The number of phenolic OH excluding ortho intramolecular Hbond substituents is 1. The van der Waals surface area contributed by atoms with E-state index in [1.54, 1.807) is 30.3 Å². The fraction of sp³-hybridized carbons (Fsp3) is 0.0588. The second-order valence-corrected chi connectivity index (χ2v) is 5.81. The van der Waals surface area contributed by atoms with Crippen LogP contribution in [0.1, 0.15) is 5.56 Å². The lowest BCUT2D eigenvalue weighted by Gasteiger charge is -2.14. The Hall–Kier alpha value is -2.11. The molecule has 0 aliphatic rings. The van der Waals surface area contributed by atoms with E-state index in [2.05, 4.69) is 0 Å². The van der Waals surface area contributed by atoms with E-state index in [0.29, 0.717) is 16.5 Å². The molecule has 0 fully saturated rings. The van der Waals surface area contributed by atoms with E-state index < -0.39 is 11.7 Å². The highest BCUT2D eigenvalue weighted by Crippen LogP contribution is 2.43. The van der Waals surface area contributed by atoms with Gasteiger partial charge in [-0.3, -0.25) is 0 Å². The minimum Gasteiger partial charge on any atom is -0.507 e. The summed E-state index contributed by atoms with van der Waals surface area (Å²) in [5.74, 6) is 0.289. The molecule has 3 rings (SSSR count). The third-order valence-electron chi connectivity index (χ3n) is 3.40. The topological polar surface area (TPSA) is 29.5 Å². The molecule has 2 nitrogen and oxygen atoms in total. The SMILES string of the molecule is Oc1cccc2c(Oc3c(Cl)cc(C(F)(F)F)cc3Cl)cccc12. The molecule has 0 heterocycles. The largest absolute Gasteiger partial charge is 0.507 e. The maximum absolute atomic E-state index is 12.8. The Morgan fingerprint density at radius 1 is 0.875 bits per heavy atom. The molecule has 1 N–H and O–H groups in total. The van der Waals surface area contributed by atoms with Crippen LogP contribution in [0.5, 0.6) is 17.2 Å². The number of hydrogen-bond donors (Lipinski definition) is 1. The van der Waals surface area contributed by atoms with Gasteiger partial charge in [-0.05, 0) is 24.3 Å². The summed E-state index contributed by atoms with van der Waals surface area (Å²) in [5, 5.41) is 10.5. The molecule has 24 heavy (non-hydrogen) atoms. The van der Waals surface area contributed by atoms with Crippen molar-refractivity contribution >= 4 is 34.0 Å². The van der Waals surface area contributed by atoms with Gasteiger partial charge >= 0.3 is 6.18 Å². The predicted octanol–water partition coefficient (Wildman–Crippen LogP) is 6.66. The monoisotopic (exact) mass is 372 g/mol. The number of rotatable bonds is 2. The average molecular weight is 373 g/mol. The molecule has 0 atom stereocenters. The molecule has 0 amide bonds. The van der Waals surface area contributed by atoms with Crippen molar-refractivity contribution in [1.82, 2.24) is 0 Å². The van der Waals surface area contributed by atoms with E-state index in [1.807, 2.05) is 0 Å². The maximum atomic E-state index is 12.8. The molecule has 0 unspecified atom stereocenters. The smallest absolute Gasteiger partial charge is 0.416 e. The normalized spacial score (nSPS) is 11.7. The van der Waals surface area contributed by atoms with Crippen molar-refractivity contribution in [2.75, 3.05) is 0 Å². The van der Waals surface area contributed by atoms with Crippen LogP contribution < -0.4 is 4.74 Å². The molecular weight excluding hydrogens is 364 g/mol. The lowest BCUT2D eigenvalue weighted by atomic mass is 10.1. The summed E-state index contributed by atoms with van der Waals surface area (Å²) in [6.45, 7) is 0. The van der Waals surface area contributed by atoms with Gasteiger partial charge in [0.1, 0.15) is 11.5 Å². The Labute approximate surface area is 145 Å². The van der Waals surface area contributed by atoms with Gasteiger partial charge in [-0.1, -0.05) is 47.5 Å². The van der Waals surface area contributed by atoms with Gasteiger partial charge < -0.3 is 9.84 Å². The summed E-state index contributed by atoms with van der Waals surface area (Å²) in [6.07, 6.45) is -4.56. The first-order valence-corrected chi connectivity index (χ1v) is 7.48. The van der Waals surface area contributed by atoms with Crippen molar-refractivity contribution in [3.8, 4) is 17.2 Å². The minimum atomic E-state index is -4.56. The van der Waals surface area contributed by atoms with Crippen molar-refractivity contribution in [2.45, 2.75) is 6.18 Å². The molecule has 0 saturated heterocycles. The van der Waals surface area contributed by atoms with Crippen molar-refractivity contribution < 1.29 is 23.0 Å². The highest BCUT2D eigenvalue weighted by molar-refractivity contribution is 6.37. The molecule has 0 aliphatic carbocycles. The summed E-state index contributed by atoms with van der Waals surface area (Å²) >= 11 is 11.8. The molecule has 0 aliphatic heterocycles. The van der Waals surface area contributed by atoms with Crippen LogP contribution in [0.2, 0.25) is 10.0 Å². The molecule has 0 aromatic heterocycles. The minimum absolute atomic E-state index is 0.0579. The van der Waals surface area contributed by atoms with Gasteiger partial charge in [0.2, 0.25) is 0 Å². The Morgan fingerprint density at radius 3 is 2.08 bits per heavy atom.